The quantitative estimate of drug-likeness (QED) is 0.429. The Morgan fingerprint density at radius 2 is 1.90 bits per heavy atom. The normalized spacial score (nSPS) is 9.70. The Kier molecular flexibility index (Phi) is 2.03. The van der Waals surface area contributed by atoms with Crippen LogP contribution in [-0.2, 0) is 0 Å². The molecule has 0 saturated heterocycles. The lowest BCUT2D eigenvalue weighted by Crippen LogP contribution is -1.72. The molecule has 0 aliphatic rings. The molecular weight excluding hydrogens is 152 g/mol. The Bertz CT molecular complexity index is 236. The van der Waals surface area contributed by atoms with Crippen LogP contribution in [0.15, 0.2) is 23.1 Å². The van der Waals surface area contributed by atoms with Gasteiger partial charge in [0.15, 0.2) is 11.5 Å². The molecule has 1 aromatic rings. The fraction of sp³-hybridized carbons (Fsp3) is 0. The summed E-state index contributed by atoms with van der Waals surface area (Å²) in [6.07, 6.45) is 0. The second-order valence-corrected chi connectivity index (χ2v) is 2.34. The Morgan fingerprint density at radius 1 is 1.20 bits per heavy atom. The number of phenols is 2. The van der Waals surface area contributed by atoms with E-state index in [1.807, 2.05) is 0 Å². The van der Waals surface area contributed by atoms with Gasteiger partial charge in [0.25, 0.3) is 0 Å². The molecule has 1 aromatic carbocycles. The van der Waals surface area contributed by atoms with Crippen molar-refractivity contribution < 1.29 is 14.8 Å². The topological polar surface area (TPSA) is 60.7 Å². The molecule has 0 spiro atoms. The largest absolute Gasteiger partial charge is 0.504 e. The van der Waals surface area contributed by atoms with Crippen molar-refractivity contribution in [3.05, 3.63) is 18.2 Å². The van der Waals surface area contributed by atoms with Crippen LogP contribution < -0.4 is 0 Å². The summed E-state index contributed by atoms with van der Waals surface area (Å²) >= 11 is 0.400. The van der Waals surface area contributed by atoms with E-state index >= 15 is 0 Å². The van der Waals surface area contributed by atoms with Crippen LogP contribution in [0.3, 0.4) is 0 Å². The highest BCUT2D eigenvalue weighted by atomic mass is 32.2. The van der Waals surface area contributed by atoms with Crippen molar-refractivity contribution >= 4 is 12.0 Å². The zero-order valence-electron chi connectivity index (χ0n) is 4.98. The Morgan fingerprint density at radius 3 is 2.40 bits per heavy atom. The van der Waals surface area contributed by atoms with Gasteiger partial charge in [-0.25, -0.2) is 0 Å². The van der Waals surface area contributed by atoms with E-state index in [4.69, 9.17) is 14.8 Å². The van der Waals surface area contributed by atoms with Crippen LogP contribution in [0, 0.1) is 0 Å². The molecule has 0 aliphatic heterocycles. The molecule has 0 amide bonds. The summed E-state index contributed by atoms with van der Waals surface area (Å²) < 4.78 is 8.49. The van der Waals surface area contributed by atoms with Crippen LogP contribution in [0.4, 0.5) is 0 Å². The summed E-state index contributed by atoms with van der Waals surface area (Å²) in [5.74, 6) is -0.506. The van der Waals surface area contributed by atoms with Gasteiger partial charge < -0.3 is 14.8 Å². The maximum Gasteiger partial charge on any atom is 0.173 e. The van der Waals surface area contributed by atoms with Gasteiger partial charge in [0.2, 0.25) is 0 Å². The number of aromatic hydroxyl groups is 2. The number of benzene rings is 1. The maximum absolute atomic E-state index is 8.97. The van der Waals surface area contributed by atoms with E-state index in [1.54, 1.807) is 0 Å². The third-order valence-corrected chi connectivity index (χ3v) is 1.60. The van der Waals surface area contributed by atoms with E-state index in [0.29, 0.717) is 12.0 Å². The molecule has 54 valence electrons. The molecule has 0 atom stereocenters. The molecule has 3 N–H and O–H groups in total. The molecule has 0 aromatic heterocycles. The third-order valence-electron chi connectivity index (χ3n) is 1.08. The molecule has 0 heterocycles. The van der Waals surface area contributed by atoms with E-state index in [1.165, 1.54) is 18.2 Å². The smallest absolute Gasteiger partial charge is 0.173 e. The zero-order chi connectivity index (χ0) is 7.56. The van der Waals surface area contributed by atoms with E-state index in [0.717, 1.165) is 0 Å². The second kappa shape index (κ2) is 2.81. The molecule has 0 saturated carbocycles. The first kappa shape index (κ1) is 7.24. The lowest BCUT2D eigenvalue weighted by molar-refractivity contribution is 0.394. The van der Waals surface area contributed by atoms with Gasteiger partial charge in [-0.05, 0) is 12.1 Å². The molecule has 0 unspecified atom stereocenters. The molecule has 0 radical (unpaired) electrons. The van der Waals surface area contributed by atoms with E-state index in [-0.39, 0.29) is 16.4 Å². The van der Waals surface area contributed by atoms with Crippen molar-refractivity contribution in [2.45, 2.75) is 4.90 Å². The summed E-state index contributed by atoms with van der Waals surface area (Å²) in [6, 6.07) is 4.38. The molecule has 0 bridgehead atoms. The van der Waals surface area contributed by atoms with Gasteiger partial charge in [0, 0.05) is 12.0 Å². The van der Waals surface area contributed by atoms with Crippen LogP contribution in [0.5, 0.6) is 11.5 Å². The van der Waals surface area contributed by atoms with Crippen molar-refractivity contribution in [2.24, 2.45) is 0 Å². The van der Waals surface area contributed by atoms with Gasteiger partial charge >= 0.3 is 0 Å². The third kappa shape index (κ3) is 1.17. The first-order valence-corrected chi connectivity index (χ1v) is 3.35. The van der Waals surface area contributed by atoms with E-state index in [9.17, 15) is 0 Å². The second-order valence-electron chi connectivity index (χ2n) is 1.72. The number of hydrogen-bond donors (Lipinski definition) is 3. The molecule has 4 heteroatoms. The van der Waals surface area contributed by atoms with E-state index < -0.39 is 0 Å². The minimum atomic E-state index is -0.282. The number of rotatable bonds is 1. The Balaban J connectivity index is 3.14. The molecule has 10 heavy (non-hydrogen) atoms. The Labute approximate surface area is 62.1 Å². The summed E-state index contributed by atoms with van der Waals surface area (Å²) in [6.45, 7) is 0. The molecule has 0 aliphatic carbocycles. The highest BCUT2D eigenvalue weighted by Gasteiger charge is 2.03. The summed E-state index contributed by atoms with van der Waals surface area (Å²) in [5, 5.41) is 17.8. The molecular formula is C6H6O3S. The molecule has 1 rings (SSSR count). The van der Waals surface area contributed by atoms with Crippen molar-refractivity contribution in [3.8, 4) is 11.5 Å². The van der Waals surface area contributed by atoms with Gasteiger partial charge in [-0.15, -0.1) is 0 Å². The van der Waals surface area contributed by atoms with Gasteiger partial charge in [-0.1, -0.05) is 6.07 Å². The number of para-hydroxylation sites is 1. The monoisotopic (exact) mass is 158 g/mol. The Hall–Kier alpha value is -0.870. The lowest BCUT2D eigenvalue weighted by Gasteiger charge is -1.99. The van der Waals surface area contributed by atoms with Crippen molar-refractivity contribution in [1.82, 2.24) is 0 Å². The van der Waals surface area contributed by atoms with Crippen molar-refractivity contribution in [1.29, 1.82) is 0 Å². The minimum Gasteiger partial charge on any atom is -0.504 e. The van der Waals surface area contributed by atoms with Crippen LogP contribution in [-0.4, -0.2) is 14.8 Å². The zero-order valence-corrected chi connectivity index (χ0v) is 5.80. The van der Waals surface area contributed by atoms with Crippen LogP contribution in [0.25, 0.3) is 0 Å². The van der Waals surface area contributed by atoms with Crippen LogP contribution in [0.2, 0.25) is 0 Å². The molecule has 3 nitrogen and oxygen atoms in total. The standard InChI is InChI=1S/C6H6O3S/c7-4-2-1-3-5(10-9)6(4)8/h1-3,7-9H. The highest BCUT2D eigenvalue weighted by molar-refractivity contribution is 7.93. The first-order valence-electron chi connectivity index (χ1n) is 2.58. The predicted molar refractivity (Wildman–Crippen MR) is 38.3 cm³/mol. The number of hydrogen-bond acceptors (Lipinski definition) is 4. The lowest BCUT2D eigenvalue weighted by atomic mass is 10.3. The average molecular weight is 158 g/mol. The molecule has 0 fully saturated rings. The predicted octanol–water partition coefficient (Wildman–Crippen LogP) is 1.66. The van der Waals surface area contributed by atoms with Gasteiger partial charge in [-0.2, -0.15) is 0 Å². The van der Waals surface area contributed by atoms with Crippen molar-refractivity contribution in [2.75, 3.05) is 0 Å². The summed E-state index contributed by atoms with van der Waals surface area (Å²) in [4.78, 5) is 0.250. The fourth-order valence-electron chi connectivity index (χ4n) is 0.584. The van der Waals surface area contributed by atoms with E-state index in [2.05, 4.69) is 0 Å². The minimum absolute atomic E-state index is 0.223. The summed E-state index contributed by atoms with van der Waals surface area (Å²) in [5.41, 5.74) is 0. The maximum atomic E-state index is 8.97. The SMILES string of the molecule is OSc1cccc(O)c1O. The van der Waals surface area contributed by atoms with Crippen LogP contribution in [0.1, 0.15) is 0 Å². The average Bonchev–Trinajstić information content (AvgIpc) is 1.95. The summed E-state index contributed by atoms with van der Waals surface area (Å²) in [7, 11) is 0. The van der Waals surface area contributed by atoms with Crippen LogP contribution >= 0.6 is 12.0 Å². The first-order chi connectivity index (χ1) is 4.75. The van der Waals surface area contributed by atoms with Gasteiger partial charge in [0.05, 0.1) is 4.90 Å². The van der Waals surface area contributed by atoms with Gasteiger partial charge in [0.1, 0.15) is 0 Å². The van der Waals surface area contributed by atoms with Crippen molar-refractivity contribution in [3.63, 3.8) is 0 Å². The fourth-order valence-corrected chi connectivity index (χ4v) is 0.915. The highest BCUT2D eigenvalue weighted by Crippen LogP contribution is 2.33. The number of phenolic OH excluding ortho intramolecular Hbond substituents is 2. The van der Waals surface area contributed by atoms with Gasteiger partial charge in [-0.3, -0.25) is 0 Å².